The van der Waals surface area contributed by atoms with E-state index in [1.807, 2.05) is 32.0 Å². The van der Waals surface area contributed by atoms with E-state index in [0.717, 1.165) is 18.7 Å². The summed E-state index contributed by atoms with van der Waals surface area (Å²) >= 11 is 0. The van der Waals surface area contributed by atoms with Crippen LogP contribution >= 0.6 is 0 Å². The van der Waals surface area contributed by atoms with E-state index < -0.39 is 0 Å². The van der Waals surface area contributed by atoms with Crippen molar-refractivity contribution in [3.63, 3.8) is 0 Å². The summed E-state index contributed by atoms with van der Waals surface area (Å²) in [5.74, 6) is -0.526. The van der Waals surface area contributed by atoms with Crippen molar-refractivity contribution in [2.24, 2.45) is 0 Å². The molecule has 0 fully saturated rings. The molecule has 1 rings (SSSR count). The summed E-state index contributed by atoms with van der Waals surface area (Å²) in [5.41, 5.74) is 1.37. The number of nitrogens with zero attached hydrogens (tertiary/aromatic N) is 1. The molecule has 5 heteroatoms. The molecule has 0 aliphatic carbocycles. The van der Waals surface area contributed by atoms with E-state index in [4.69, 9.17) is 4.74 Å². The molecule has 0 heterocycles. The maximum atomic E-state index is 12.6. The van der Waals surface area contributed by atoms with Gasteiger partial charge in [0.2, 0.25) is 0 Å². The zero-order valence-electron chi connectivity index (χ0n) is 13.0. The van der Waals surface area contributed by atoms with Gasteiger partial charge < -0.3 is 15.0 Å². The van der Waals surface area contributed by atoms with Crippen molar-refractivity contribution in [3.8, 4) is 0 Å². The monoisotopic (exact) mass is 292 g/mol. The van der Waals surface area contributed by atoms with E-state index in [9.17, 15) is 9.59 Å². The first-order valence-corrected chi connectivity index (χ1v) is 7.41. The summed E-state index contributed by atoms with van der Waals surface area (Å²) < 4.78 is 4.93. The molecule has 0 aliphatic rings. The van der Waals surface area contributed by atoms with Gasteiger partial charge in [-0.2, -0.15) is 0 Å². The second-order valence-corrected chi connectivity index (χ2v) is 4.61. The molecule has 0 bridgehead atoms. The Bertz CT molecular complexity index is 474. The summed E-state index contributed by atoms with van der Waals surface area (Å²) in [5, 5.41) is 3.17. The highest BCUT2D eigenvalue weighted by Crippen LogP contribution is 2.17. The number of anilines is 1. The third-order valence-electron chi connectivity index (χ3n) is 2.93. The highest BCUT2D eigenvalue weighted by atomic mass is 16.5. The number of benzene rings is 1. The Morgan fingerprint density at radius 1 is 1.19 bits per heavy atom. The lowest BCUT2D eigenvalue weighted by molar-refractivity contribution is -0.143. The van der Waals surface area contributed by atoms with E-state index in [2.05, 4.69) is 5.32 Å². The van der Waals surface area contributed by atoms with E-state index in [-0.39, 0.29) is 18.4 Å². The Morgan fingerprint density at radius 2 is 1.90 bits per heavy atom. The first-order valence-electron chi connectivity index (χ1n) is 7.41. The van der Waals surface area contributed by atoms with Gasteiger partial charge in [-0.15, -0.1) is 0 Å². The normalized spacial score (nSPS) is 10.0. The number of ether oxygens (including phenoxy) is 1. The number of amides is 1. The third-order valence-corrected chi connectivity index (χ3v) is 2.93. The molecule has 0 radical (unpaired) electrons. The fourth-order valence-corrected chi connectivity index (χ4v) is 2.07. The number of para-hydroxylation sites is 1. The highest BCUT2D eigenvalue weighted by molar-refractivity contribution is 6.00. The SMILES string of the molecule is CCCN(CC(=O)OCC)C(=O)c1ccccc1NCC. The van der Waals surface area contributed by atoms with Gasteiger partial charge in [0, 0.05) is 18.8 Å². The highest BCUT2D eigenvalue weighted by Gasteiger charge is 2.20. The summed E-state index contributed by atoms with van der Waals surface area (Å²) in [4.78, 5) is 25.8. The molecule has 1 N–H and O–H groups in total. The van der Waals surface area contributed by atoms with Gasteiger partial charge in [-0.25, -0.2) is 0 Å². The zero-order valence-corrected chi connectivity index (χ0v) is 13.0. The molecular weight excluding hydrogens is 268 g/mol. The van der Waals surface area contributed by atoms with E-state index in [1.165, 1.54) is 4.90 Å². The van der Waals surface area contributed by atoms with E-state index >= 15 is 0 Å². The van der Waals surface area contributed by atoms with Crippen LogP contribution in [-0.4, -0.2) is 43.0 Å². The van der Waals surface area contributed by atoms with Crippen molar-refractivity contribution in [1.29, 1.82) is 0 Å². The molecule has 0 aliphatic heterocycles. The molecule has 116 valence electrons. The molecule has 1 aromatic rings. The lowest BCUT2D eigenvalue weighted by Crippen LogP contribution is -2.37. The number of nitrogens with one attached hydrogen (secondary N) is 1. The van der Waals surface area contributed by atoms with Crippen LogP contribution in [0.3, 0.4) is 0 Å². The van der Waals surface area contributed by atoms with Crippen molar-refractivity contribution >= 4 is 17.6 Å². The van der Waals surface area contributed by atoms with Crippen LogP contribution in [0.15, 0.2) is 24.3 Å². The molecule has 0 saturated heterocycles. The number of rotatable bonds is 8. The molecule has 1 amide bonds. The summed E-state index contributed by atoms with van der Waals surface area (Å²) in [6, 6.07) is 7.34. The first-order chi connectivity index (χ1) is 10.1. The molecule has 1 aromatic carbocycles. The topological polar surface area (TPSA) is 58.6 Å². The van der Waals surface area contributed by atoms with Crippen LogP contribution in [0.5, 0.6) is 0 Å². The van der Waals surface area contributed by atoms with Crippen molar-refractivity contribution < 1.29 is 14.3 Å². The van der Waals surface area contributed by atoms with E-state index in [0.29, 0.717) is 18.7 Å². The minimum atomic E-state index is -0.375. The average Bonchev–Trinajstić information content (AvgIpc) is 2.47. The fraction of sp³-hybridized carbons (Fsp3) is 0.500. The van der Waals surface area contributed by atoms with Crippen LogP contribution in [0, 0.1) is 0 Å². The van der Waals surface area contributed by atoms with Crippen LogP contribution in [-0.2, 0) is 9.53 Å². The summed E-state index contributed by atoms with van der Waals surface area (Å²) in [7, 11) is 0. The Hall–Kier alpha value is -2.04. The predicted octanol–water partition coefficient (Wildman–Crippen LogP) is 2.53. The molecular formula is C16H24N2O3. The Kier molecular flexibility index (Phi) is 7.29. The van der Waals surface area contributed by atoms with Gasteiger partial charge in [-0.05, 0) is 32.4 Å². The van der Waals surface area contributed by atoms with Crippen LogP contribution in [0.4, 0.5) is 5.69 Å². The third kappa shape index (κ3) is 5.10. The quantitative estimate of drug-likeness (QED) is 0.748. The lowest BCUT2D eigenvalue weighted by atomic mass is 10.1. The molecule has 0 aromatic heterocycles. The van der Waals surface area contributed by atoms with Gasteiger partial charge in [0.15, 0.2) is 0 Å². The molecule has 0 spiro atoms. The maximum Gasteiger partial charge on any atom is 0.325 e. The standard InChI is InChI=1S/C16H24N2O3/c1-4-11-18(12-15(19)21-6-3)16(20)13-9-7-8-10-14(13)17-5-2/h7-10,17H,4-6,11-12H2,1-3H3. The average molecular weight is 292 g/mol. The molecule has 5 nitrogen and oxygen atoms in total. The number of carbonyl (C=O) groups excluding carboxylic acids is 2. The van der Waals surface area contributed by atoms with Gasteiger partial charge in [-0.1, -0.05) is 19.1 Å². The van der Waals surface area contributed by atoms with Crippen molar-refractivity contribution in [1.82, 2.24) is 4.90 Å². The maximum absolute atomic E-state index is 12.6. The van der Waals surface area contributed by atoms with Crippen molar-refractivity contribution in [2.75, 3.05) is 31.6 Å². The fourth-order valence-electron chi connectivity index (χ4n) is 2.07. The van der Waals surface area contributed by atoms with Crippen molar-refractivity contribution in [3.05, 3.63) is 29.8 Å². The molecule has 0 unspecified atom stereocenters. The van der Waals surface area contributed by atoms with Gasteiger partial charge in [0.25, 0.3) is 5.91 Å². The Labute approximate surface area is 126 Å². The van der Waals surface area contributed by atoms with Crippen LogP contribution in [0.25, 0.3) is 0 Å². The van der Waals surface area contributed by atoms with Gasteiger partial charge in [0.05, 0.1) is 12.2 Å². The Balaban J connectivity index is 2.92. The Morgan fingerprint density at radius 3 is 2.52 bits per heavy atom. The number of carbonyl (C=O) groups is 2. The first kappa shape index (κ1) is 17.0. The van der Waals surface area contributed by atoms with Crippen LogP contribution in [0.2, 0.25) is 0 Å². The molecule has 0 saturated carbocycles. The van der Waals surface area contributed by atoms with Gasteiger partial charge in [0.1, 0.15) is 6.54 Å². The zero-order chi connectivity index (χ0) is 15.7. The van der Waals surface area contributed by atoms with Crippen LogP contribution in [0.1, 0.15) is 37.6 Å². The molecule has 0 atom stereocenters. The summed E-state index contributed by atoms with van der Waals surface area (Å²) in [6.45, 7) is 7.27. The number of esters is 1. The molecule has 21 heavy (non-hydrogen) atoms. The minimum Gasteiger partial charge on any atom is -0.465 e. The predicted molar refractivity (Wildman–Crippen MR) is 83.4 cm³/mol. The number of hydrogen-bond donors (Lipinski definition) is 1. The second-order valence-electron chi connectivity index (χ2n) is 4.61. The van der Waals surface area contributed by atoms with Gasteiger partial charge >= 0.3 is 5.97 Å². The van der Waals surface area contributed by atoms with Crippen molar-refractivity contribution in [2.45, 2.75) is 27.2 Å². The second kappa shape index (κ2) is 9.00. The van der Waals surface area contributed by atoms with Crippen LogP contribution < -0.4 is 5.32 Å². The largest absolute Gasteiger partial charge is 0.465 e. The van der Waals surface area contributed by atoms with E-state index in [1.54, 1.807) is 13.0 Å². The minimum absolute atomic E-state index is 0.0129. The summed E-state index contributed by atoms with van der Waals surface area (Å²) in [6.07, 6.45) is 0.786. The lowest BCUT2D eigenvalue weighted by Gasteiger charge is -2.22. The number of hydrogen-bond acceptors (Lipinski definition) is 4. The smallest absolute Gasteiger partial charge is 0.325 e. The van der Waals surface area contributed by atoms with Gasteiger partial charge in [-0.3, -0.25) is 9.59 Å².